The molecule has 0 aromatic heterocycles. The number of rotatable bonds is 2. The van der Waals surface area contributed by atoms with Crippen LogP contribution >= 0.6 is 0 Å². The topological polar surface area (TPSA) is 3.01 Å². The fourth-order valence-corrected chi connectivity index (χ4v) is 2.10. The molecule has 1 atom stereocenters. The summed E-state index contributed by atoms with van der Waals surface area (Å²) in [5, 5.41) is 0. The Balaban J connectivity index is 1.89. The Labute approximate surface area is 102 Å². The van der Waals surface area contributed by atoms with Crippen molar-refractivity contribution in [2.75, 3.05) is 11.4 Å². The highest BCUT2D eigenvalue weighted by Crippen LogP contribution is 2.41. The zero-order valence-corrected chi connectivity index (χ0v) is 9.41. The van der Waals surface area contributed by atoms with Crippen molar-refractivity contribution in [2.24, 2.45) is 0 Å². The Morgan fingerprint density at radius 3 is 2.28 bits per heavy atom. The molecule has 0 bridgehead atoms. The normalized spacial score (nSPS) is 17.9. The summed E-state index contributed by atoms with van der Waals surface area (Å²) in [4.78, 5) is 1.70. The van der Waals surface area contributed by atoms with Crippen LogP contribution in [0.2, 0.25) is 0 Å². The minimum absolute atomic E-state index is 0.0468. The third-order valence-electron chi connectivity index (χ3n) is 3.10. The Bertz CT molecular complexity index is 583. The van der Waals surface area contributed by atoms with E-state index in [1.54, 1.807) is 4.90 Å². The van der Waals surface area contributed by atoms with Gasteiger partial charge in [0.05, 0.1) is 11.7 Å². The summed E-state index contributed by atoms with van der Waals surface area (Å²) in [5.41, 5.74) is 1.16. The van der Waals surface area contributed by atoms with Gasteiger partial charge in [-0.25, -0.2) is 13.2 Å². The van der Waals surface area contributed by atoms with Crippen LogP contribution in [0.25, 0.3) is 0 Å². The Morgan fingerprint density at radius 2 is 1.56 bits per heavy atom. The van der Waals surface area contributed by atoms with Crippen LogP contribution < -0.4 is 4.90 Å². The second kappa shape index (κ2) is 4.05. The number of anilines is 1. The van der Waals surface area contributed by atoms with Gasteiger partial charge in [-0.05, 0) is 5.56 Å². The number of nitrogens with zero attached hydrogens (tertiary/aromatic N) is 1. The Morgan fingerprint density at radius 1 is 0.889 bits per heavy atom. The molecular weight excluding hydrogens is 239 g/mol. The third-order valence-corrected chi connectivity index (χ3v) is 3.10. The summed E-state index contributed by atoms with van der Waals surface area (Å²) in [5.74, 6) is -2.91. The van der Waals surface area contributed by atoms with Crippen molar-refractivity contribution in [2.45, 2.75) is 6.04 Å². The van der Waals surface area contributed by atoms with E-state index in [-0.39, 0.29) is 11.7 Å². The molecule has 0 spiro atoms. The van der Waals surface area contributed by atoms with Crippen LogP contribution in [0.4, 0.5) is 18.9 Å². The first-order valence-corrected chi connectivity index (χ1v) is 5.63. The monoisotopic (exact) mass is 249 g/mol. The number of benzene rings is 2. The van der Waals surface area contributed by atoms with Crippen LogP contribution in [0, 0.1) is 17.5 Å². The molecule has 92 valence electrons. The second-order valence-corrected chi connectivity index (χ2v) is 4.30. The molecule has 3 rings (SSSR count). The molecule has 1 aliphatic rings. The standard InChI is InChI=1S/C14H10F3N/c15-10-6-12(17)13(7-11(10)16)18-8-14(18)9-4-2-1-3-5-9/h1-7,14H,8H2/t14-,18?/m1/s1. The average molecular weight is 249 g/mol. The van der Waals surface area contributed by atoms with Crippen LogP contribution in [-0.2, 0) is 0 Å². The molecular formula is C14H10F3N. The molecule has 1 saturated heterocycles. The number of hydrogen-bond acceptors (Lipinski definition) is 1. The fourth-order valence-electron chi connectivity index (χ4n) is 2.10. The van der Waals surface area contributed by atoms with Crippen molar-refractivity contribution in [3.05, 3.63) is 65.5 Å². The molecule has 1 heterocycles. The summed E-state index contributed by atoms with van der Waals surface area (Å²) in [7, 11) is 0. The quantitative estimate of drug-likeness (QED) is 0.579. The lowest BCUT2D eigenvalue weighted by Crippen LogP contribution is -2.00. The molecule has 1 nitrogen and oxygen atoms in total. The van der Waals surface area contributed by atoms with Gasteiger partial charge < -0.3 is 4.90 Å². The van der Waals surface area contributed by atoms with E-state index >= 15 is 0 Å². The third kappa shape index (κ3) is 1.83. The van der Waals surface area contributed by atoms with Crippen LogP contribution in [0.1, 0.15) is 11.6 Å². The van der Waals surface area contributed by atoms with Gasteiger partial charge in [0.2, 0.25) is 0 Å². The number of halogens is 3. The largest absolute Gasteiger partial charge is 0.358 e. The van der Waals surface area contributed by atoms with Gasteiger partial charge in [0.1, 0.15) is 5.82 Å². The van der Waals surface area contributed by atoms with Gasteiger partial charge in [0.15, 0.2) is 11.6 Å². The maximum atomic E-state index is 13.6. The van der Waals surface area contributed by atoms with Gasteiger partial charge in [-0.3, -0.25) is 0 Å². The molecule has 0 amide bonds. The molecule has 0 N–H and O–H groups in total. The highest BCUT2D eigenvalue weighted by Gasteiger charge is 2.37. The summed E-state index contributed by atoms with van der Waals surface area (Å²) in [6.07, 6.45) is 0. The van der Waals surface area contributed by atoms with Gasteiger partial charge >= 0.3 is 0 Å². The molecule has 2 aromatic carbocycles. The van der Waals surface area contributed by atoms with E-state index in [0.717, 1.165) is 11.6 Å². The van der Waals surface area contributed by atoms with Crippen LogP contribution in [-0.4, -0.2) is 6.54 Å². The molecule has 1 aliphatic heterocycles. The molecule has 4 heteroatoms. The van der Waals surface area contributed by atoms with E-state index < -0.39 is 17.5 Å². The Kier molecular flexibility index (Phi) is 2.51. The second-order valence-electron chi connectivity index (χ2n) is 4.30. The number of hydrogen-bond donors (Lipinski definition) is 0. The summed E-state index contributed by atoms with van der Waals surface area (Å²) >= 11 is 0. The molecule has 0 unspecified atom stereocenters. The first kappa shape index (κ1) is 11.1. The molecule has 0 aliphatic carbocycles. The maximum Gasteiger partial charge on any atom is 0.161 e. The average Bonchev–Trinajstić information content (AvgIpc) is 3.15. The van der Waals surface area contributed by atoms with Gasteiger partial charge in [-0.15, -0.1) is 0 Å². The van der Waals surface area contributed by atoms with E-state index in [1.807, 2.05) is 30.3 Å². The van der Waals surface area contributed by atoms with Crippen LogP contribution in [0.15, 0.2) is 42.5 Å². The van der Waals surface area contributed by atoms with E-state index in [2.05, 4.69) is 0 Å². The van der Waals surface area contributed by atoms with Crippen LogP contribution in [0.5, 0.6) is 0 Å². The minimum atomic E-state index is -1.16. The predicted octanol–water partition coefficient (Wildman–Crippen LogP) is 3.67. The zero-order chi connectivity index (χ0) is 12.7. The van der Waals surface area contributed by atoms with E-state index in [1.165, 1.54) is 0 Å². The lowest BCUT2D eigenvalue weighted by atomic mass is 10.1. The molecule has 0 radical (unpaired) electrons. The van der Waals surface area contributed by atoms with E-state index in [0.29, 0.717) is 12.6 Å². The van der Waals surface area contributed by atoms with E-state index in [4.69, 9.17) is 0 Å². The maximum absolute atomic E-state index is 13.6. The molecule has 1 fully saturated rings. The predicted molar refractivity (Wildman–Crippen MR) is 62.8 cm³/mol. The van der Waals surface area contributed by atoms with Crippen molar-refractivity contribution >= 4 is 5.69 Å². The Hall–Kier alpha value is -1.97. The van der Waals surface area contributed by atoms with Gasteiger partial charge in [0.25, 0.3) is 0 Å². The highest BCUT2D eigenvalue weighted by molar-refractivity contribution is 5.57. The highest BCUT2D eigenvalue weighted by atomic mass is 19.2. The molecule has 2 aromatic rings. The van der Waals surface area contributed by atoms with Crippen molar-refractivity contribution in [1.82, 2.24) is 0 Å². The van der Waals surface area contributed by atoms with Crippen molar-refractivity contribution in [3.8, 4) is 0 Å². The van der Waals surface area contributed by atoms with Crippen LogP contribution in [0.3, 0.4) is 0 Å². The SMILES string of the molecule is Fc1cc(F)c(N2C[C@@H]2c2ccccc2)cc1F. The molecule has 18 heavy (non-hydrogen) atoms. The summed E-state index contributed by atoms with van der Waals surface area (Å²) < 4.78 is 39.5. The van der Waals surface area contributed by atoms with Gasteiger partial charge in [0, 0.05) is 18.7 Å². The zero-order valence-electron chi connectivity index (χ0n) is 9.41. The first-order chi connectivity index (χ1) is 8.66. The van der Waals surface area contributed by atoms with Gasteiger partial charge in [-0.2, -0.15) is 0 Å². The van der Waals surface area contributed by atoms with Crippen molar-refractivity contribution in [1.29, 1.82) is 0 Å². The lowest BCUT2D eigenvalue weighted by Gasteiger charge is -2.08. The van der Waals surface area contributed by atoms with Crippen molar-refractivity contribution in [3.63, 3.8) is 0 Å². The first-order valence-electron chi connectivity index (χ1n) is 5.63. The lowest BCUT2D eigenvalue weighted by molar-refractivity contribution is 0.495. The molecule has 0 saturated carbocycles. The summed E-state index contributed by atoms with van der Waals surface area (Å²) in [6.45, 7) is 0.617. The van der Waals surface area contributed by atoms with E-state index in [9.17, 15) is 13.2 Å². The minimum Gasteiger partial charge on any atom is -0.358 e. The van der Waals surface area contributed by atoms with Crippen molar-refractivity contribution < 1.29 is 13.2 Å². The van der Waals surface area contributed by atoms with Gasteiger partial charge in [-0.1, -0.05) is 30.3 Å². The fraction of sp³-hybridized carbons (Fsp3) is 0.143. The summed E-state index contributed by atoms with van der Waals surface area (Å²) in [6, 6.07) is 11.1. The smallest absolute Gasteiger partial charge is 0.161 e.